The fourth-order valence-electron chi connectivity index (χ4n) is 2.55. The van der Waals surface area contributed by atoms with Gasteiger partial charge in [0.2, 0.25) is 10.0 Å². The maximum atomic E-state index is 12.4. The highest BCUT2D eigenvalue weighted by molar-refractivity contribution is 7.92. The summed E-state index contributed by atoms with van der Waals surface area (Å²) in [5.41, 5.74) is 1.67. The van der Waals surface area contributed by atoms with Crippen LogP contribution in [-0.2, 0) is 10.0 Å². The molecule has 1 fully saturated rings. The van der Waals surface area contributed by atoms with Crippen LogP contribution in [0.4, 0.5) is 5.69 Å². The van der Waals surface area contributed by atoms with Crippen LogP contribution in [0, 0.1) is 12.8 Å². The van der Waals surface area contributed by atoms with E-state index >= 15 is 0 Å². The molecular weight excluding hydrogens is 302 g/mol. The van der Waals surface area contributed by atoms with E-state index in [4.69, 9.17) is 0 Å². The summed E-state index contributed by atoms with van der Waals surface area (Å²) in [6.45, 7) is 5.68. The summed E-state index contributed by atoms with van der Waals surface area (Å²) < 4.78 is 25.2. The predicted octanol–water partition coefficient (Wildman–Crippen LogP) is 1.09. The van der Waals surface area contributed by atoms with E-state index < -0.39 is 10.0 Å². The maximum Gasteiger partial charge on any atom is 0.251 e. The van der Waals surface area contributed by atoms with Crippen molar-refractivity contribution in [1.29, 1.82) is 0 Å². The summed E-state index contributed by atoms with van der Waals surface area (Å²) >= 11 is 0. The minimum absolute atomic E-state index is 0.140. The van der Waals surface area contributed by atoms with E-state index in [1.54, 1.807) is 25.1 Å². The second kappa shape index (κ2) is 6.66. The van der Waals surface area contributed by atoms with Gasteiger partial charge in [-0.15, -0.1) is 0 Å². The number of rotatable bonds is 4. The molecule has 6 nitrogen and oxygen atoms in total. The quantitative estimate of drug-likeness (QED) is 0.773. The van der Waals surface area contributed by atoms with Gasteiger partial charge in [-0.1, -0.05) is 13.0 Å². The van der Waals surface area contributed by atoms with Gasteiger partial charge < -0.3 is 10.6 Å². The van der Waals surface area contributed by atoms with E-state index in [0.29, 0.717) is 17.2 Å². The highest BCUT2D eigenvalue weighted by Gasteiger charge is 2.23. The Morgan fingerprint density at radius 3 is 2.73 bits per heavy atom. The Kier molecular flexibility index (Phi) is 5.08. The van der Waals surface area contributed by atoms with Crippen LogP contribution in [0.5, 0.6) is 0 Å². The fraction of sp³-hybridized carbons (Fsp3) is 0.533. The van der Waals surface area contributed by atoms with Crippen molar-refractivity contribution in [2.24, 2.45) is 5.92 Å². The van der Waals surface area contributed by atoms with Crippen LogP contribution in [0.15, 0.2) is 18.2 Å². The smallest absolute Gasteiger partial charge is 0.251 e. The molecule has 1 aromatic rings. The van der Waals surface area contributed by atoms with Crippen LogP contribution in [-0.4, -0.2) is 39.7 Å². The van der Waals surface area contributed by atoms with Gasteiger partial charge in [0.1, 0.15) is 0 Å². The number of hydrogen-bond acceptors (Lipinski definition) is 4. The summed E-state index contributed by atoms with van der Waals surface area (Å²) in [6.07, 6.45) is 1.99. The van der Waals surface area contributed by atoms with Gasteiger partial charge in [-0.2, -0.15) is 0 Å². The lowest BCUT2D eigenvalue weighted by molar-refractivity contribution is 0.0914. The Labute approximate surface area is 131 Å². The fourth-order valence-corrected chi connectivity index (χ4v) is 3.17. The first kappa shape index (κ1) is 16.8. The third-order valence-electron chi connectivity index (χ3n) is 3.90. The standard InChI is InChI=1S/C15H23N3O3S/c1-10-4-5-12(8-14(10)18-22(3,20)21)15(19)17-13-6-7-16-9-11(13)2/h4-5,8,11,13,16,18H,6-7,9H2,1-3H3,(H,17,19). The van der Waals surface area contributed by atoms with Crippen molar-refractivity contribution in [3.63, 3.8) is 0 Å². The van der Waals surface area contributed by atoms with Crippen LogP contribution >= 0.6 is 0 Å². The lowest BCUT2D eigenvalue weighted by Crippen LogP contribution is -2.48. The summed E-state index contributed by atoms with van der Waals surface area (Å²) in [6, 6.07) is 5.18. The molecule has 0 bridgehead atoms. The molecule has 122 valence electrons. The topological polar surface area (TPSA) is 87.3 Å². The number of nitrogens with one attached hydrogen (secondary N) is 3. The largest absolute Gasteiger partial charge is 0.349 e. The number of benzene rings is 1. The molecule has 1 aliphatic rings. The molecule has 2 rings (SSSR count). The molecule has 3 N–H and O–H groups in total. The molecule has 0 aliphatic carbocycles. The second-order valence-electron chi connectivity index (χ2n) is 5.95. The summed E-state index contributed by atoms with van der Waals surface area (Å²) in [5, 5.41) is 6.33. The van der Waals surface area contributed by atoms with Crippen LogP contribution in [0.25, 0.3) is 0 Å². The molecule has 0 radical (unpaired) electrons. The first-order valence-electron chi connectivity index (χ1n) is 7.36. The first-order chi connectivity index (χ1) is 10.3. The molecule has 0 saturated carbocycles. The van der Waals surface area contributed by atoms with Crippen LogP contribution in [0.1, 0.15) is 29.3 Å². The third kappa shape index (κ3) is 4.45. The van der Waals surface area contributed by atoms with Gasteiger partial charge in [-0.05, 0) is 50.0 Å². The Bertz CT molecular complexity index is 658. The lowest BCUT2D eigenvalue weighted by Gasteiger charge is -2.30. The maximum absolute atomic E-state index is 12.4. The van der Waals surface area contributed by atoms with E-state index in [1.807, 2.05) is 0 Å². The number of amides is 1. The SMILES string of the molecule is Cc1ccc(C(=O)NC2CCNCC2C)cc1NS(C)(=O)=O. The Balaban J connectivity index is 2.14. The van der Waals surface area contributed by atoms with Gasteiger partial charge in [-0.25, -0.2) is 8.42 Å². The van der Waals surface area contributed by atoms with Crippen molar-refractivity contribution >= 4 is 21.6 Å². The highest BCUT2D eigenvalue weighted by atomic mass is 32.2. The van der Waals surface area contributed by atoms with Crippen LogP contribution < -0.4 is 15.4 Å². The monoisotopic (exact) mass is 325 g/mol. The van der Waals surface area contributed by atoms with Crippen molar-refractivity contribution in [2.45, 2.75) is 26.3 Å². The van der Waals surface area contributed by atoms with Crippen molar-refractivity contribution < 1.29 is 13.2 Å². The number of carbonyl (C=O) groups is 1. The molecule has 1 heterocycles. The van der Waals surface area contributed by atoms with Gasteiger partial charge in [0.05, 0.1) is 11.9 Å². The number of aryl methyl sites for hydroxylation is 1. The van der Waals surface area contributed by atoms with Gasteiger partial charge in [0.15, 0.2) is 0 Å². The highest BCUT2D eigenvalue weighted by Crippen LogP contribution is 2.19. The Hall–Kier alpha value is -1.60. The molecule has 22 heavy (non-hydrogen) atoms. The van der Waals surface area contributed by atoms with Gasteiger partial charge >= 0.3 is 0 Å². The van der Waals surface area contributed by atoms with Gasteiger partial charge in [-0.3, -0.25) is 9.52 Å². The van der Waals surface area contributed by atoms with Crippen molar-refractivity contribution in [2.75, 3.05) is 24.1 Å². The van der Waals surface area contributed by atoms with E-state index in [0.717, 1.165) is 31.3 Å². The Morgan fingerprint density at radius 2 is 2.09 bits per heavy atom. The summed E-state index contributed by atoms with van der Waals surface area (Å²) in [5.74, 6) is 0.201. The summed E-state index contributed by atoms with van der Waals surface area (Å²) in [7, 11) is -3.37. The molecule has 2 atom stereocenters. The Morgan fingerprint density at radius 1 is 1.36 bits per heavy atom. The van der Waals surface area contributed by atoms with Crippen molar-refractivity contribution in [1.82, 2.24) is 10.6 Å². The molecule has 1 saturated heterocycles. The molecule has 1 aromatic carbocycles. The molecule has 1 aliphatic heterocycles. The number of piperidine rings is 1. The van der Waals surface area contributed by atoms with Crippen molar-refractivity contribution in [3.05, 3.63) is 29.3 Å². The van der Waals surface area contributed by atoms with Gasteiger partial charge in [0, 0.05) is 11.6 Å². The zero-order valence-corrected chi connectivity index (χ0v) is 14.0. The lowest BCUT2D eigenvalue weighted by atomic mass is 9.95. The van der Waals surface area contributed by atoms with Crippen LogP contribution in [0.2, 0.25) is 0 Å². The normalized spacial score (nSPS) is 22.1. The van der Waals surface area contributed by atoms with E-state index in [-0.39, 0.29) is 11.9 Å². The average Bonchev–Trinajstić information content (AvgIpc) is 2.42. The van der Waals surface area contributed by atoms with Crippen molar-refractivity contribution in [3.8, 4) is 0 Å². The molecule has 1 amide bonds. The first-order valence-corrected chi connectivity index (χ1v) is 9.25. The molecule has 0 spiro atoms. The average molecular weight is 325 g/mol. The minimum Gasteiger partial charge on any atom is -0.349 e. The molecule has 0 aromatic heterocycles. The second-order valence-corrected chi connectivity index (χ2v) is 7.70. The number of carbonyl (C=O) groups excluding carboxylic acids is 1. The van der Waals surface area contributed by atoms with E-state index in [2.05, 4.69) is 22.3 Å². The predicted molar refractivity (Wildman–Crippen MR) is 87.6 cm³/mol. The molecular formula is C15H23N3O3S. The molecule has 2 unspecified atom stereocenters. The van der Waals surface area contributed by atoms with Gasteiger partial charge in [0.25, 0.3) is 5.91 Å². The number of hydrogen-bond donors (Lipinski definition) is 3. The van der Waals surface area contributed by atoms with Crippen LogP contribution in [0.3, 0.4) is 0 Å². The third-order valence-corrected chi connectivity index (χ3v) is 4.49. The minimum atomic E-state index is -3.37. The zero-order chi connectivity index (χ0) is 16.3. The number of anilines is 1. The zero-order valence-electron chi connectivity index (χ0n) is 13.1. The molecule has 7 heteroatoms. The summed E-state index contributed by atoms with van der Waals surface area (Å²) in [4.78, 5) is 12.4. The van der Waals surface area contributed by atoms with E-state index in [1.165, 1.54) is 0 Å². The van der Waals surface area contributed by atoms with E-state index in [9.17, 15) is 13.2 Å². The number of sulfonamides is 1.